The second-order valence-corrected chi connectivity index (χ2v) is 9.29. The van der Waals surface area contributed by atoms with Gasteiger partial charge in [-0.2, -0.15) is 0 Å². The second-order valence-electron chi connectivity index (χ2n) is 7.79. The molecule has 0 radical (unpaired) electrons. The van der Waals surface area contributed by atoms with Gasteiger partial charge in [0.1, 0.15) is 16.8 Å². The highest BCUT2D eigenvalue weighted by atomic mass is 35.5. The fourth-order valence-electron chi connectivity index (χ4n) is 4.06. The number of aliphatic hydroxyl groups excluding tert-OH is 1. The maximum atomic E-state index is 11.3. The van der Waals surface area contributed by atoms with Crippen molar-refractivity contribution in [2.45, 2.75) is 25.1 Å². The van der Waals surface area contributed by atoms with Crippen LogP contribution in [-0.2, 0) is 11.3 Å². The lowest BCUT2D eigenvalue weighted by molar-refractivity contribution is -0.111. The van der Waals surface area contributed by atoms with Gasteiger partial charge in [-0.25, -0.2) is 9.97 Å². The van der Waals surface area contributed by atoms with E-state index in [9.17, 15) is 9.90 Å². The lowest BCUT2D eigenvalue weighted by atomic mass is 10.1. The highest BCUT2D eigenvalue weighted by Gasteiger charge is 2.31. The van der Waals surface area contributed by atoms with E-state index in [2.05, 4.69) is 10.3 Å². The Morgan fingerprint density at radius 1 is 1.19 bits per heavy atom. The molecule has 5 rings (SSSR count). The van der Waals surface area contributed by atoms with Crippen molar-refractivity contribution in [3.8, 4) is 11.1 Å². The predicted octanol–water partition coefficient (Wildman–Crippen LogP) is 4.89. The zero-order valence-corrected chi connectivity index (χ0v) is 18.7. The molecule has 2 atom stereocenters. The Hall–Kier alpha value is -2.84. The van der Waals surface area contributed by atoms with Crippen molar-refractivity contribution in [2.24, 2.45) is 0 Å². The molecular weight excluding hydrogens is 444 g/mol. The summed E-state index contributed by atoms with van der Waals surface area (Å²) in [5.41, 5.74) is 3.50. The van der Waals surface area contributed by atoms with Gasteiger partial charge in [0.25, 0.3) is 0 Å². The number of hydrogen-bond acceptors (Lipinski definition) is 7. The molecule has 8 heteroatoms. The molecule has 0 bridgehead atoms. The third-order valence-electron chi connectivity index (χ3n) is 5.61. The Morgan fingerprint density at radius 3 is 2.84 bits per heavy atom. The van der Waals surface area contributed by atoms with Crippen molar-refractivity contribution in [1.29, 1.82) is 0 Å². The maximum absolute atomic E-state index is 11.3. The van der Waals surface area contributed by atoms with Crippen LogP contribution in [-0.4, -0.2) is 45.0 Å². The smallest absolute Gasteiger partial charge is 0.157 e. The molecule has 32 heavy (non-hydrogen) atoms. The van der Waals surface area contributed by atoms with E-state index in [1.54, 1.807) is 17.5 Å². The summed E-state index contributed by atoms with van der Waals surface area (Å²) in [5.74, 6) is 0.630. The third kappa shape index (κ3) is 4.12. The van der Waals surface area contributed by atoms with E-state index in [4.69, 9.17) is 16.6 Å². The molecule has 1 aliphatic heterocycles. The van der Waals surface area contributed by atoms with E-state index in [1.807, 2.05) is 59.5 Å². The van der Waals surface area contributed by atoms with Crippen LogP contribution in [0.2, 0.25) is 5.02 Å². The number of likely N-dealkylation sites (tertiary alicyclic amines) is 1. The van der Waals surface area contributed by atoms with Crippen LogP contribution in [0.15, 0.2) is 60.8 Å². The van der Waals surface area contributed by atoms with Crippen LogP contribution in [0.4, 0.5) is 11.5 Å². The van der Waals surface area contributed by atoms with E-state index in [0.717, 1.165) is 38.3 Å². The maximum Gasteiger partial charge on any atom is 0.157 e. The number of pyridine rings is 1. The highest BCUT2D eigenvalue weighted by molar-refractivity contribution is 7.18. The number of aromatic nitrogens is 2. The van der Waals surface area contributed by atoms with Gasteiger partial charge in [0.05, 0.1) is 34.1 Å². The minimum absolute atomic E-state index is 0.271. The summed E-state index contributed by atoms with van der Waals surface area (Å²) >= 11 is 8.30. The molecule has 1 saturated heterocycles. The number of aldehydes is 1. The molecule has 3 heterocycles. The first kappa shape index (κ1) is 21.0. The molecule has 0 unspecified atom stereocenters. The number of rotatable bonds is 6. The number of carbonyl (C=O) groups is 1. The van der Waals surface area contributed by atoms with Gasteiger partial charge in [0.15, 0.2) is 5.82 Å². The molecule has 0 amide bonds. The molecule has 162 valence electrons. The van der Waals surface area contributed by atoms with Crippen LogP contribution in [0.3, 0.4) is 0 Å². The topological polar surface area (TPSA) is 78.3 Å². The molecular formula is C24H21ClN4O2S. The summed E-state index contributed by atoms with van der Waals surface area (Å²) in [6.07, 6.45) is 2.64. The molecule has 6 nitrogen and oxygen atoms in total. The summed E-state index contributed by atoms with van der Waals surface area (Å²) in [4.78, 5) is 22.6. The standard InChI is InChI=1S/C24H21ClN4O2S/c25-22-18(15-5-2-1-3-6-15)7-4-8-19(22)27-24-23-20(9-10-26-24)32-21(28-23)13-29-12-17(31)11-16(29)14-30/h1-10,14,16-17,31H,11-13H2,(H,26,27)/t16-,17-/m0/s1. The number of aliphatic hydroxyl groups is 1. The molecule has 0 saturated carbocycles. The van der Waals surface area contributed by atoms with Gasteiger partial charge in [-0.05, 0) is 24.1 Å². The summed E-state index contributed by atoms with van der Waals surface area (Å²) in [7, 11) is 0. The van der Waals surface area contributed by atoms with Crippen LogP contribution in [0.1, 0.15) is 11.4 Å². The van der Waals surface area contributed by atoms with Gasteiger partial charge in [-0.1, -0.05) is 54.1 Å². The normalized spacial score (nSPS) is 18.8. The van der Waals surface area contributed by atoms with Crippen molar-refractivity contribution in [3.05, 3.63) is 70.8 Å². The highest BCUT2D eigenvalue weighted by Crippen LogP contribution is 2.36. The predicted molar refractivity (Wildman–Crippen MR) is 128 cm³/mol. The minimum Gasteiger partial charge on any atom is -0.392 e. The lowest BCUT2D eigenvalue weighted by Crippen LogP contribution is -2.30. The van der Waals surface area contributed by atoms with Gasteiger partial charge < -0.3 is 15.2 Å². The summed E-state index contributed by atoms with van der Waals surface area (Å²) < 4.78 is 0.996. The number of nitrogens with one attached hydrogen (secondary N) is 1. The van der Waals surface area contributed by atoms with Crippen LogP contribution >= 0.6 is 22.9 Å². The second kappa shape index (κ2) is 8.96. The molecule has 2 N–H and O–H groups in total. The molecule has 4 aromatic rings. The molecule has 0 aliphatic carbocycles. The number of anilines is 2. The molecule has 1 aliphatic rings. The average Bonchev–Trinajstić information content (AvgIpc) is 3.38. The molecule has 1 fully saturated rings. The van der Waals surface area contributed by atoms with E-state index in [0.29, 0.717) is 30.4 Å². The zero-order valence-electron chi connectivity index (χ0n) is 17.1. The van der Waals surface area contributed by atoms with Gasteiger partial charge in [0, 0.05) is 18.3 Å². The number of halogens is 1. The minimum atomic E-state index is -0.475. The number of hydrogen-bond donors (Lipinski definition) is 2. The number of benzene rings is 2. The largest absolute Gasteiger partial charge is 0.392 e. The third-order valence-corrected chi connectivity index (χ3v) is 7.02. The fourth-order valence-corrected chi connectivity index (χ4v) is 5.33. The number of carbonyl (C=O) groups excluding carboxylic acids is 1. The average molecular weight is 465 g/mol. The quantitative estimate of drug-likeness (QED) is 0.395. The Labute approximate surface area is 194 Å². The fraction of sp³-hybridized carbons (Fsp3) is 0.208. The molecule has 2 aromatic heterocycles. The first-order chi connectivity index (χ1) is 15.6. The van der Waals surface area contributed by atoms with Crippen LogP contribution in [0, 0.1) is 0 Å². The summed E-state index contributed by atoms with van der Waals surface area (Å²) in [5, 5.41) is 14.8. The first-order valence-electron chi connectivity index (χ1n) is 10.3. The van der Waals surface area contributed by atoms with Crippen LogP contribution in [0.5, 0.6) is 0 Å². The number of thiazole rings is 1. The van der Waals surface area contributed by atoms with E-state index in [1.165, 1.54) is 0 Å². The summed E-state index contributed by atoms with van der Waals surface area (Å²) in [6, 6.07) is 17.5. The van der Waals surface area contributed by atoms with Gasteiger partial charge in [-0.3, -0.25) is 4.90 Å². The monoisotopic (exact) mass is 464 g/mol. The Bertz CT molecular complexity index is 1260. The Kier molecular flexibility index (Phi) is 5.89. The number of fused-ring (bicyclic) bond motifs is 1. The van der Waals surface area contributed by atoms with Crippen molar-refractivity contribution < 1.29 is 9.90 Å². The SMILES string of the molecule is O=C[C@@H]1C[C@H](O)CN1Cc1nc2c(Nc3cccc(-c4ccccc4)c3Cl)nccc2s1. The summed E-state index contributed by atoms with van der Waals surface area (Å²) in [6.45, 7) is 0.994. The Morgan fingerprint density at radius 2 is 2.03 bits per heavy atom. The van der Waals surface area contributed by atoms with E-state index in [-0.39, 0.29) is 6.04 Å². The van der Waals surface area contributed by atoms with Crippen molar-refractivity contribution in [2.75, 3.05) is 11.9 Å². The Balaban J connectivity index is 1.44. The van der Waals surface area contributed by atoms with Gasteiger partial charge in [-0.15, -0.1) is 11.3 Å². The van der Waals surface area contributed by atoms with Crippen LogP contribution in [0.25, 0.3) is 21.3 Å². The van der Waals surface area contributed by atoms with Crippen molar-refractivity contribution in [3.63, 3.8) is 0 Å². The van der Waals surface area contributed by atoms with E-state index < -0.39 is 6.10 Å². The van der Waals surface area contributed by atoms with Crippen LogP contribution < -0.4 is 5.32 Å². The van der Waals surface area contributed by atoms with E-state index >= 15 is 0 Å². The zero-order chi connectivity index (χ0) is 22.1. The number of β-amino-alcohol motifs (C(OH)–C–C–N with tert-alkyl or cyclic N) is 1. The molecule has 2 aromatic carbocycles. The lowest BCUT2D eigenvalue weighted by Gasteiger charge is -2.17. The van der Waals surface area contributed by atoms with Gasteiger partial charge >= 0.3 is 0 Å². The number of nitrogens with zero attached hydrogens (tertiary/aromatic N) is 3. The first-order valence-corrected chi connectivity index (χ1v) is 11.5. The van der Waals surface area contributed by atoms with Gasteiger partial charge in [0.2, 0.25) is 0 Å². The van der Waals surface area contributed by atoms with Crippen molar-refractivity contribution in [1.82, 2.24) is 14.9 Å². The van der Waals surface area contributed by atoms with Crippen molar-refractivity contribution >= 4 is 50.9 Å². The molecule has 0 spiro atoms.